The number of carbonyl (C=O) groups is 1. The quantitative estimate of drug-likeness (QED) is 0.660. The summed E-state index contributed by atoms with van der Waals surface area (Å²) in [7, 11) is 1.32. The second kappa shape index (κ2) is 8.51. The number of hydrogen-bond acceptors (Lipinski definition) is 7. The van der Waals surface area contributed by atoms with Crippen molar-refractivity contribution >= 4 is 17.6 Å². The van der Waals surface area contributed by atoms with Crippen LogP contribution in [0.5, 0.6) is 5.88 Å². The molecule has 1 aliphatic heterocycles. The third kappa shape index (κ3) is 4.53. The first-order valence-corrected chi connectivity index (χ1v) is 8.80. The molecule has 0 spiro atoms. The van der Waals surface area contributed by atoms with Crippen molar-refractivity contribution in [1.29, 1.82) is 0 Å². The van der Waals surface area contributed by atoms with Crippen LogP contribution in [-0.4, -0.2) is 48.0 Å². The first-order valence-electron chi connectivity index (χ1n) is 8.80. The lowest BCUT2D eigenvalue weighted by Crippen LogP contribution is -2.48. The number of anilines is 1. The second-order valence-electron chi connectivity index (χ2n) is 6.69. The van der Waals surface area contributed by atoms with E-state index in [0.29, 0.717) is 6.07 Å². The number of nitrogens with zero attached hydrogens (tertiary/aromatic N) is 3. The Labute approximate surface area is 176 Å². The number of methoxy groups -OCH3 is 1. The molecule has 1 amide bonds. The number of nitrogens with two attached hydrogens (primary N) is 1. The van der Waals surface area contributed by atoms with Gasteiger partial charge in [-0.1, -0.05) is 0 Å². The molecule has 14 heteroatoms. The monoisotopic (exact) mass is 463 g/mol. The fourth-order valence-electron chi connectivity index (χ4n) is 3.02. The average Bonchev–Trinajstić information content (AvgIpc) is 2.75. The van der Waals surface area contributed by atoms with E-state index in [2.05, 4.69) is 25.0 Å². The van der Waals surface area contributed by atoms with E-state index in [1.165, 1.54) is 7.11 Å². The second-order valence-corrected chi connectivity index (χ2v) is 6.69. The van der Waals surface area contributed by atoms with E-state index < -0.39 is 65.7 Å². The van der Waals surface area contributed by atoms with Gasteiger partial charge in [0.15, 0.2) is 17.7 Å². The number of aliphatic imine (C=N–C) groups is 1. The molecule has 8 nitrogen and oxygen atoms in total. The fourth-order valence-corrected chi connectivity index (χ4v) is 3.02. The molecule has 0 fully saturated rings. The number of amides is 1. The molecule has 0 radical (unpaired) electrons. The van der Waals surface area contributed by atoms with Crippen molar-refractivity contribution in [2.75, 3.05) is 19.1 Å². The summed E-state index contributed by atoms with van der Waals surface area (Å²) in [5.74, 6) is -4.01. The molecule has 1 aromatic heterocycles. The van der Waals surface area contributed by atoms with Gasteiger partial charge in [0.25, 0.3) is 11.9 Å². The summed E-state index contributed by atoms with van der Waals surface area (Å²) in [5.41, 5.74) is 1.23. The van der Waals surface area contributed by atoms with E-state index in [-0.39, 0.29) is 11.6 Å². The maximum atomic E-state index is 14.6. The van der Waals surface area contributed by atoms with Crippen molar-refractivity contribution < 1.29 is 40.6 Å². The van der Waals surface area contributed by atoms with Crippen LogP contribution in [0.15, 0.2) is 29.5 Å². The molecule has 172 valence electrons. The van der Waals surface area contributed by atoms with Crippen molar-refractivity contribution in [3.8, 4) is 5.88 Å². The summed E-state index contributed by atoms with van der Waals surface area (Å²) < 4.78 is 91.6. The highest BCUT2D eigenvalue weighted by Crippen LogP contribution is 2.42. The van der Waals surface area contributed by atoms with Gasteiger partial charge < -0.3 is 20.5 Å². The highest BCUT2D eigenvalue weighted by Gasteiger charge is 2.52. The van der Waals surface area contributed by atoms with Crippen molar-refractivity contribution in [2.24, 2.45) is 10.7 Å². The Morgan fingerprint density at radius 2 is 2.03 bits per heavy atom. The summed E-state index contributed by atoms with van der Waals surface area (Å²) in [5, 5.41) is 2.19. The van der Waals surface area contributed by atoms with E-state index in [4.69, 9.17) is 10.5 Å². The van der Waals surface area contributed by atoms with Crippen LogP contribution in [0.1, 0.15) is 22.5 Å². The van der Waals surface area contributed by atoms with Gasteiger partial charge in [-0.05, 0) is 6.07 Å². The number of halogens is 6. The number of alkyl halides is 4. The zero-order valence-electron chi connectivity index (χ0n) is 16.2. The largest absolute Gasteiger partial charge is 0.480 e. The van der Waals surface area contributed by atoms with Gasteiger partial charge in [-0.3, -0.25) is 4.79 Å². The molecule has 0 unspecified atom stereocenters. The molecule has 32 heavy (non-hydrogen) atoms. The SMILES string of the molecule is COc1cnc(C(=O)Nc2cc(F)c(F)c([C@]3(CF)C[C@@H](C(F)(F)F)OC(N)=N3)c2)cn1. The standard InChI is InChI=1S/C18H15F6N5O3/c1-31-13-6-26-11(5-27-13)15(30)28-8-2-9(14(21)10(20)3-8)17(7-19)4-12(18(22,23)24)32-16(25)29-17/h2-3,5-6,12H,4,7H2,1H3,(H2,25,29)(H,28,30)/t12-,17+/m0/s1. The van der Waals surface area contributed by atoms with Gasteiger partial charge in [-0.2, -0.15) is 13.2 Å². The van der Waals surface area contributed by atoms with Crippen LogP contribution in [0.25, 0.3) is 0 Å². The van der Waals surface area contributed by atoms with Crippen LogP contribution < -0.4 is 15.8 Å². The number of aromatic nitrogens is 2. The third-order valence-corrected chi connectivity index (χ3v) is 4.55. The van der Waals surface area contributed by atoms with Crippen molar-refractivity contribution in [3.05, 3.63) is 47.4 Å². The Hall–Kier alpha value is -3.58. The molecule has 2 aromatic rings. The molecule has 0 saturated carbocycles. The number of nitrogens with one attached hydrogen (secondary N) is 1. The topological polar surface area (TPSA) is 112 Å². The molecule has 0 bridgehead atoms. The average molecular weight is 463 g/mol. The summed E-state index contributed by atoms with van der Waals surface area (Å²) in [6.45, 7) is -1.65. The third-order valence-electron chi connectivity index (χ3n) is 4.55. The van der Waals surface area contributed by atoms with E-state index in [1.807, 2.05) is 0 Å². The van der Waals surface area contributed by atoms with Crippen LogP contribution >= 0.6 is 0 Å². The number of ether oxygens (including phenoxy) is 2. The molecule has 1 aliphatic rings. The van der Waals surface area contributed by atoms with E-state index >= 15 is 0 Å². The predicted octanol–water partition coefficient (Wildman–Crippen LogP) is 2.85. The van der Waals surface area contributed by atoms with Gasteiger partial charge in [0.05, 0.1) is 19.5 Å². The smallest absolute Gasteiger partial charge is 0.425 e. The molecule has 0 aliphatic carbocycles. The minimum Gasteiger partial charge on any atom is -0.480 e. The Kier molecular flexibility index (Phi) is 6.14. The molecular weight excluding hydrogens is 448 g/mol. The van der Waals surface area contributed by atoms with Gasteiger partial charge in [0.2, 0.25) is 5.88 Å². The van der Waals surface area contributed by atoms with E-state index in [0.717, 1.165) is 18.5 Å². The Morgan fingerprint density at radius 3 is 2.59 bits per heavy atom. The zero-order valence-corrected chi connectivity index (χ0v) is 16.2. The van der Waals surface area contributed by atoms with Crippen molar-refractivity contribution in [1.82, 2.24) is 9.97 Å². The number of benzene rings is 1. The lowest BCUT2D eigenvalue weighted by atomic mass is 9.84. The van der Waals surface area contributed by atoms with Gasteiger partial charge in [0, 0.05) is 23.7 Å². The number of carbonyl (C=O) groups excluding carboxylic acids is 1. The lowest BCUT2D eigenvalue weighted by molar-refractivity contribution is -0.209. The van der Waals surface area contributed by atoms with Gasteiger partial charge in [0.1, 0.15) is 17.9 Å². The number of rotatable bonds is 5. The maximum Gasteiger partial charge on any atom is 0.425 e. The number of amidine groups is 1. The van der Waals surface area contributed by atoms with Gasteiger partial charge in [-0.15, -0.1) is 0 Å². The predicted molar refractivity (Wildman–Crippen MR) is 97.7 cm³/mol. The van der Waals surface area contributed by atoms with E-state index in [1.54, 1.807) is 0 Å². The Morgan fingerprint density at radius 1 is 1.31 bits per heavy atom. The van der Waals surface area contributed by atoms with Crippen molar-refractivity contribution in [2.45, 2.75) is 24.2 Å². The highest BCUT2D eigenvalue weighted by atomic mass is 19.4. The maximum absolute atomic E-state index is 14.6. The summed E-state index contributed by atoms with van der Waals surface area (Å²) >= 11 is 0. The van der Waals surface area contributed by atoms with Crippen LogP contribution in [0.4, 0.5) is 32.0 Å². The number of hydrogen-bond donors (Lipinski definition) is 2. The minimum absolute atomic E-state index is 0.107. The Bertz CT molecular complexity index is 1050. The lowest BCUT2D eigenvalue weighted by Gasteiger charge is -2.36. The zero-order chi connectivity index (χ0) is 23.7. The normalized spacial score (nSPS) is 20.8. The fraction of sp³-hybridized carbons (Fsp3) is 0.333. The summed E-state index contributed by atoms with van der Waals surface area (Å²) in [6, 6.07) is 0.286. The molecule has 3 rings (SSSR count). The van der Waals surface area contributed by atoms with Crippen LogP contribution in [0.3, 0.4) is 0 Å². The molecular formula is C18H15F6N5O3. The van der Waals surface area contributed by atoms with Gasteiger partial charge in [-0.25, -0.2) is 28.1 Å². The van der Waals surface area contributed by atoms with E-state index in [9.17, 15) is 31.1 Å². The molecule has 3 N–H and O–H groups in total. The summed E-state index contributed by atoms with van der Waals surface area (Å²) in [6.07, 6.45) is -6.62. The van der Waals surface area contributed by atoms with Crippen LogP contribution in [0.2, 0.25) is 0 Å². The Balaban J connectivity index is 1.99. The minimum atomic E-state index is -4.98. The first-order chi connectivity index (χ1) is 15.0. The molecule has 0 saturated heterocycles. The molecule has 1 aromatic carbocycles. The highest BCUT2D eigenvalue weighted by molar-refractivity contribution is 6.02. The van der Waals surface area contributed by atoms with Crippen molar-refractivity contribution in [3.63, 3.8) is 0 Å². The summed E-state index contributed by atoms with van der Waals surface area (Å²) in [4.78, 5) is 23.4. The van der Waals surface area contributed by atoms with Gasteiger partial charge >= 0.3 is 6.18 Å². The van der Waals surface area contributed by atoms with Crippen LogP contribution in [-0.2, 0) is 10.3 Å². The molecule has 2 atom stereocenters. The van der Waals surface area contributed by atoms with Crippen LogP contribution in [0, 0.1) is 11.6 Å². The first kappa shape index (κ1) is 23.1. The molecule has 2 heterocycles.